The summed E-state index contributed by atoms with van der Waals surface area (Å²) in [6.07, 6.45) is 0.809. The molecule has 0 aliphatic carbocycles. The predicted octanol–water partition coefficient (Wildman–Crippen LogP) is 2.83. The van der Waals surface area contributed by atoms with Crippen LogP contribution in [0.3, 0.4) is 0 Å². The number of thiophene rings is 1. The van der Waals surface area contributed by atoms with Gasteiger partial charge in [0.25, 0.3) is 0 Å². The number of benzene rings is 1. The number of methoxy groups -OCH3 is 2. The van der Waals surface area contributed by atoms with Crippen molar-refractivity contribution in [3.8, 4) is 11.5 Å². The lowest BCUT2D eigenvalue weighted by Crippen LogP contribution is -2.52. The Balaban J connectivity index is 1.65. The summed E-state index contributed by atoms with van der Waals surface area (Å²) in [4.78, 5) is 6.35. The van der Waals surface area contributed by atoms with E-state index in [2.05, 4.69) is 39.4 Å². The van der Waals surface area contributed by atoms with Crippen molar-refractivity contribution in [1.82, 2.24) is 9.80 Å². The van der Waals surface area contributed by atoms with Crippen LogP contribution in [0.15, 0.2) is 35.7 Å². The number of nitrogens with zero attached hydrogens (tertiary/aromatic N) is 2. The van der Waals surface area contributed by atoms with Crippen molar-refractivity contribution in [3.05, 3.63) is 46.2 Å². The SMILES string of the molecule is COc1cc(CN2CCN(Cc3cccs3)[C@H](CCO)C2)cc(OC)c1. The molecule has 0 bridgehead atoms. The third-order valence-electron chi connectivity index (χ3n) is 4.91. The number of rotatable bonds is 8. The summed E-state index contributed by atoms with van der Waals surface area (Å²) >= 11 is 1.80. The molecule has 1 aromatic carbocycles. The van der Waals surface area contributed by atoms with E-state index in [-0.39, 0.29) is 6.61 Å². The van der Waals surface area contributed by atoms with Gasteiger partial charge in [-0.1, -0.05) is 6.07 Å². The second-order valence-corrected chi connectivity index (χ2v) is 7.70. The van der Waals surface area contributed by atoms with Crippen LogP contribution in [-0.4, -0.2) is 61.4 Å². The van der Waals surface area contributed by atoms with Crippen molar-refractivity contribution in [2.45, 2.75) is 25.6 Å². The lowest BCUT2D eigenvalue weighted by molar-refractivity contribution is 0.0506. The fraction of sp³-hybridized carbons (Fsp3) is 0.500. The van der Waals surface area contributed by atoms with E-state index in [0.717, 1.165) is 50.6 Å². The van der Waals surface area contributed by atoms with Gasteiger partial charge in [0.05, 0.1) is 14.2 Å². The van der Waals surface area contributed by atoms with Gasteiger partial charge in [-0.25, -0.2) is 0 Å². The first-order chi connectivity index (χ1) is 12.7. The van der Waals surface area contributed by atoms with Gasteiger partial charge in [-0.3, -0.25) is 9.80 Å². The van der Waals surface area contributed by atoms with Gasteiger partial charge in [-0.05, 0) is 35.6 Å². The number of hydrogen-bond acceptors (Lipinski definition) is 6. The van der Waals surface area contributed by atoms with E-state index >= 15 is 0 Å². The van der Waals surface area contributed by atoms with E-state index in [1.54, 1.807) is 25.6 Å². The minimum atomic E-state index is 0.229. The number of ether oxygens (including phenoxy) is 2. The molecule has 0 saturated carbocycles. The van der Waals surface area contributed by atoms with Crippen LogP contribution in [0.5, 0.6) is 11.5 Å². The maximum atomic E-state index is 9.50. The van der Waals surface area contributed by atoms with Crippen LogP contribution in [0.25, 0.3) is 0 Å². The van der Waals surface area contributed by atoms with Crippen molar-refractivity contribution in [3.63, 3.8) is 0 Å². The average Bonchev–Trinajstić information content (AvgIpc) is 3.17. The van der Waals surface area contributed by atoms with Crippen molar-refractivity contribution in [1.29, 1.82) is 0 Å². The Morgan fingerprint density at radius 2 is 1.88 bits per heavy atom. The molecular weight excluding hydrogens is 348 g/mol. The predicted molar refractivity (Wildman–Crippen MR) is 105 cm³/mol. The molecule has 1 aliphatic heterocycles. The highest BCUT2D eigenvalue weighted by molar-refractivity contribution is 7.09. The minimum absolute atomic E-state index is 0.229. The van der Waals surface area contributed by atoms with Crippen molar-refractivity contribution in [2.24, 2.45) is 0 Å². The number of aliphatic hydroxyl groups is 1. The van der Waals surface area contributed by atoms with Gasteiger partial charge in [-0.15, -0.1) is 11.3 Å². The Morgan fingerprint density at radius 3 is 2.50 bits per heavy atom. The van der Waals surface area contributed by atoms with Gasteiger partial charge < -0.3 is 14.6 Å². The van der Waals surface area contributed by atoms with Crippen molar-refractivity contribution in [2.75, 3.05) is 40.5 Å². The monoisotopic (exact) mass is 376 g/mol. The Hall–Kier alpha value is -1.60. The van der Waals surface area contributed by atoms with Crippen LogP contribution >= 0.6 is 11.3 Å². The zero-order valence-electron chi connectivity index (χ0n) is 15.6. The summed E-state index contributed by atoms with van der Waals surface area (Å²) in [6, 6.07) is 10.7. The van der Waals surface area contributed by atoms with Crippen LogP contribution in [0.1, 0.15) is 16.9 Å². The van der Waals surface area contributed by atoms with Gasteiger partial charge in [0.15, 0.2) is 0 Å². The lowest BCUT2D eigenvalue weighted by Gasteiger charge is -2.41. The Kier molecular flexibility index (Phi) is 6.91. The highest BCUT2D eigenvalue weighted by atomic mass is 32.1. The van der Waals surface area contributed by atoms with Crippen LogP contribution in [-0.2, 0) is 13.1 Å². The zero-order chi connectivity index (χ0) is 18.4. The molecule has 26 heavy (non-hydrogen) atoms. The van der Waals surface area contributed by atoms with Crippen molar-refractivity contribution >= 4 is 11.3 Å². The summed E-state index contributed by atoms with van der Waals surface area (Å²) < 4.78 is 10.8. The van der Waals surface area contributed by atoms with Crippen LogP contribution in [0, 0.1) is 0 Å². The van der Waals surface area contributed by atoms with Crippen molar-refractivity contribution < 1.29 is 14.6 Å². The molecule has 2 aromatic rings. The van der Waals surface area contributed by atoms with E-state index < -0.39 is 0 Å². The fourth-order valence-corrected chi connectivity index (χ4v) is 4.28. The molecule has 142 valence electrons. The topological polar surface area (TPSA) is 45.2 Å². The highest BCUT2D eigenvalue weighted by Gasteiger charge is 2.27. The minimum Gasteiger partial charge on any atom is -0.497 e. The quantitative estimate of drug-likeness (QED) is 0.768. The van der Waals surface area contributed by atoms with Gasteiger partial charge in [0.2, 0.25) is 0 Å². The molecular formula is C20H28N2O3S. The summed E-state index contributed by atoms with van der Waals surface area (Å²) in [5, 5.41) is 11.6. The molecule has 2 heterocycles. The number of aliphatic hydroxyl groups excluding tert-OH is 1. The maximum Gasteiger partial charge on any atom is 0.122 e. The smallest absolute Gasteiger partial charge is 0.122 e. The largest absolute Gasteiger partial charge is 0.497 e. The van der Waals surface area contributed by atoms with E-state index in [1.807, 2.05) is 6.07 Å². The third kappa shape index (κ3) is 4.98. The lowest BCUT2D eigenvalue weighted by atomic mass is 10.1. The van der Waals surface area contributed by atoms with Crippen LogP contribution < -0.4 is 9.47 Å². The van der Waals surface area contributed by atoms with E-state index in [1.165, 1.54) is 10.4 Å². The molecule has 0 amide bonds. The Morgan fingerprint density at radius 1 is 1.12 bits per heavy atom. The Bertz CT molecular complexity index is 655. The molecule has 0 spiro atoms. The summed E-state index contributed by atoms with van der Waals surface area (Å²) in [5.74, 6) is 1.64. The van der Waals surface area contributed by atoms with Crippen LogP contribution in [0.2, 0.25) is 0 Å². The standard InChI is InChI=1S/C20H28N2O3S/c1-24-18-10-16(11-19(12-18)25-2)13-21-6-7-22(17(14-21)5-8-23)15-20-4-3-9-26-20/h3-4,9-12,17,23H,5-8,13-15H2,1-2H3/t17-/m1/s1. The van der Waals surface area contributed by atoms with Crippen LogP contribution in [0.4, 0.5) is 0 Å². The van der Waals surface area contributed by atoms with Gasteiger partial charge in [-0.2, -0.15) is 0 Å². The first-order valence-electron chi connectivity index (χ1n) is 9.03. The maximum absolute atomic E-state index is 9.50. The average molecular weight is 377 g/mol. The van der Waals surface area contributed by atoms with E-state index in [4.69, 9.17) is 9.47 Å². The third-order valence-corrected chi connectivity index (χ3v) is 5.77. The summed E-state index contributed by atoms with van der Waals surface area (Å²) in [6.45, 7) is 5.07. The molecule has 1 saturated heterocycles. The second kappa shape index (κ2) is 9.37. The molecule has 1 atom stereocenters. The highest BCUT2D eigenvalue weighted by Crippen LogP contribution is 2.25. The van der Waals surface area contributed by atoms with Gasteiger partial charge in [0, 0.05) is 56.3 Å². The molecule has 1 aromatic heterocycles. The molecule has 6 heteroatoms. The summed E-state index contributed by atoms with van der Waals surface area (Å²) in [7, 11) is 3.36. The summed E-state index contributed by atoms with van der Waals surface area (Å²) in [5.41, 5.74) is 1.19. The number of hydrogen-bond donors (Lipinski definition) is 1. The molecule has 1 fully saturated rings. The molecule has 3 rings (SSSR count). The van der Waals surface area contributed by atoms with E-state index in [0.29, 0.717) is 6.04 Å². The number of piperazine rings is 1. The molecule has 0 radical (unpaired) electrons. The molecule has 1 aliphatic rings. The first-order valence-corrected chi connectivity index (χ1v) is 9.91. The van der Waals surface area contributed by atoms with Gasteiger partial charge >= 0.3 is 0 Å². The Labute approximate surface area is 159 Å². The second-order valence-electron chi connectivity index (χ2n) is 6.67. The molecule has 0 unspecified atom stereocenters. The fourth-order valence-electron chi connectivity index (χ4n) is 3.55. The zero-order valence-corrected chi connectivity index (χ0v) is 16.4. The van der Waals surface area contributed by atoms with Gasteiger partial charge in [0.1, 0.15) is 11.5 Å². The normalized spacial score (nSPS) is 18.8. The molecule has 5 nitrogen and oxygen atoms in total. The molecule has 1 N–H and O–H groups in total. The first kappa shape index (κ1) is 19.2. The van der Waals surface area contributed by atoms with E-state index in [9.17, 15) is 5.11 Å².